The van der Waals surface area contributed by atoms with E-state index in [1.165, 1.54) is 12.1 Å². The molecule has 3 heteroatoms. The van der Waals surface area contributed by atoms with Crippen molar-refractivity contribution in [2.75, 3.05) is 6.61 Å². The van der Waals surface area contributed by atoms with E-state index in [1.54, 1.807) is 12.1 Å². The van der Waals surface area contributed by atoms with Gasteiger partial charge in [0.2, 0.25) is 0 Å². The fourth-order valence-corrected chi connectivity index (χ4v) is 1.95. The van der Waals surface area contributed by atoms with E-state index in [1.807, 2.05) is 0 Å². The van der Waals surface area contributed by atoms with Crippen molar-refractivity contribution >= 4 is 5.78 Å². The van der Waals surface area contributed by atoms with Crippen molar-refractivity contribution in [2.24, 2.45) is 0 Å². The van der Waals surface area contributed by atoms with Gasteiger partial charge in [0.25, 0.3) is 0 Å². The number of ether oxygens (including phenoxy) is 1. The molecule has 16 heavy (non-hydrogen) atoms. The van der Waals surface area contributed by atoms with Gasteiger partial charge in [0.05, 0.1) is 6.10 Å². The van der Waals surface area contributed by atoms with E-state index in [-0.39, 0.29) is 17.7 Å². The molecule has 1 aromatic rings. The zero-order valence-electron chi connectivity index (χ0n) is 9.12. The van der Waals surface area contributed by atoms with E-state index in [9.17, 15) is 9.18 Å². The summed E-state index contributed by atoms with van der Waals surface area (Å²) in [6, 6.07) is 5.83. The van der Waals surface area contributed by atoms with Gasteiger partial charge in [-0.1, -0.05) is 12.1 Å². The number of hydrogen-bond acceptors (Lipinski definition) is 2. The van der Waals surface area contributed by atoms with E-state index in [4.69, 9.17) is 4.74 Å². The van der Waals surface area contributed by atoms with Crippen LogP contribution in [0.4, 0.5) is 4.39 Å². The van der Waals surface area contributed by atoms with Crippen LogP contribution in [0.25, 0.3) is 0 Å². The van der Waals surface area contributed by atoms with Crippen molar-refractivity contribution < 1.29 is 13.9 Å². The fraction of sp³-hybridized carbons (Fsp3) is 0.462. The molecule has 1 heterocycles. The van der Waals surface area contributed by atoms with Crippen molar-refractivity contribution in [1.29, 1.82) is 0 Å². The van der Waals surface area contributed by atoms with Crippen LogP contribution in [0.3, 0.4) is 0 Å². The Morgan fingerprint density at radius 2 is 2.31 bits per heavy atom. The first kappa shape index (κ1) is 11.3. The number of carbonyl (C=O) groups is 1. The molecule has 1 fully saturated rings. The molecular formula is C13H15FO2. The number of rotatable bonds is 3. The minimum absolute atomic E-state index is 0.0181. The lowest BCUT2D eigenvalue weighted by atomic mass is 10.00. The molecule has 0 bridgehead atoms. The quantitative estimate of drug-likeness (QED) is 0.735. The Hall–Kier alpha value is -1.22. The zero-order chi connectivity index (χ0) is 11.4. The summed E-state index contributed by atoms with van der Waals surface area (Å²) >= 11 is 0. The summed E-state index contributed by atoms with van der Waals surface area (Å²) in [4.78, 5) is 11.8. The second-order valence-corrected chi connectivity index (χ2v) is 4.13. The zero-order valence-corrected chi connectivity index (χ0v) is 9.12. The molecule has 0 radical (unpaired) electrons. The van der Waals surface area contributed by atoms with Crippen LogP contribution >= 0.6 is 0 Å². The minimum atomic E-state index is -0.365. The number of halogens is 1. The Labute approximate surface area is 94.4 Å². The average molecular weight is 222 g/mol. The van der Waals surface area contributed by atoms with Gasteiger partial charge in [-0.3, -0.25) is 4.79 Å². The molecule has 0 aromatic heterocycles. The molecule has 1 aromatic carbocycles. The summed E-state index contributed by atoms with van der Waals surface area (Å²) in [6.45, 7) is 0.737. The lowest BCUT2D eigenvalue weighted by Gasteiger charge is -2.21. The van der Waals surface area contributed by atoms with Gasteiger partial charge in [-0.15, -0.1) is 0 Å². The molecular weight excluding hydrogens is 207 g/mol. The second-order valence-electron chi connectivity index (χ2n) is 4.13. The summed E-state index contributed by atoms with van der Waals surface area (Å²) in [7, 11) is 0. The summed E-state index contributed by atoms with van der Waals surface area (Å²) in [5.74, 6) is -0.401. The van der Waals surface area contributed by atoms with Crippen molar-refractivity contribution in [1.82, 2.24) is 0 Å². The van der Waals surface area contributed by atoms with Gasteiger partial charge in [-0.2, -0.15) is 0 Å². The largest absolute Gasteiger partial charge is 0.378 e. The Bertz CT molecular complexity index is 370. The monoisotopic (exact) mass is 222 g/mol. The molecule has 0 N–H and O–H groups in total. The van der Waals surface area contributed by atoms with Crippen LogP contribution in [0.15, 0.2) is 24.3 Å². The van der Waals surface area contributed by atoms with E-state index < -0.39 is 0 Å². The van der Waals surface area contributed by atoms with Crippen LogP contribution in [0.1, 0.15) is 36.0 Å². The maximum absolute atomic E-state index is 12.9. The van der Waals surface area contributed by atoms with Crippen molar-refractivity contribution in [2.45, 2.75) is 31.8 Å². The van der Waals surface area contributed by atoms with Crippen LogP contribution in [-0.2, 0) is 4.74 Å². The van der Waals surface area contributed by atoms with Gasteiger partial charge in [0, 0.05) is 18.6 Å². The van der Waals surface area contributed by atoms with Crippen molar-refractivity contribution in [3.63, 3.8) is 0 Å². The topological polar surface area (TPSA) is 26.3 Å². The Balaban J connectivity index is 1.97. The molecule has 1 saturated heterocycles. The molecule has 0 spiro atoms. The maximum Gasteiger partial charge on any atom is 0.165 e. The van der Waals surface area contributed by atoms with E-state index in [0.29, 0.717) is 12.0 Å². The summed E-state index contributed by atoms with van der Waals surface area (Å²) in [5.41, 5.74) is 0.439. The SMILES string of the molecule is O=C(CC1CCCCO1)c1cccc(F)c1. The van der Waals surface area contributed by atoms with Gasteiger partial charge in [0.1, 0.15) is 5.82 Å². The molecule has 2 nitrogen and oxygen atoms in total. The smallest absolute Gasteiger partial charge is 0.165 e. The molecule has 0 aliphatic carbocycles. The van der Waals surface area contributed by atoms with E-state index in [2.05, 4.69) is 0 Å². The first-order chi connectivity index (χ1) is 7.75. The molecule has 0 saturated carbocycles. The molecule has 1 atom stereocenters. The van der Waals surface area contributed by atoms with Gasteiger partial charge in [-0.05, 0) is 31.4 Å². The minimum Gasteiger partial charge on any atom is -0.378 e. The lowest BCUT2D eigenvalue weighted by Crippen LogP contribution is -2.22. The second kappa shape index (κ2) is 5.21. The third kappa shape index (κ3) is 2.89. The Kier molecular flexibility index (Phi) is 3.67. The first-order valence-corrected chi connectivity index (χ1v) is 5.66. The van der Waals surface area contributed by atoms with Gasteiger partial charge < -0.3 is 4.74 Å². The van der Waals surface area contributed by atoms with Crippen LogP contribution in [0.5, 0.6) is 0 Å². The van der Waals surface area contributed by atoms with Gasteiger partial charge >= 0.3 is 0 Å². The molecule has 2 rings (SSSR count). The van der Waals surface area contributed by atoms with Crippen LogP contribution < -0.4 is 0 Å². The summed E-state index contributed by atoms with van der Waals surface area (Å²) in [6.07, 6.45) is 3.50. The number of ketones is 1. The normalized spacial score (nSPS) is 20.7. The van der Waals surface area contributed by atoms with Crippen molar-refractivity contribution in [3.05, 3.63) is 35.6 Å². The number of carbonyl (C=O) groups excluding carboxylic acids is 1. The highest BCUT2D eigenvalue weighted by Crippen LogP contribution is 2.18. The standard InChI is InChI=1S/C13H15FO2/c14-11-5-3-4-10(8-11)13(15)9-12-6-1-2-7-16-12/h3-5,8,12H,1-2,6-7,9H2. The molecule has 1 unspecified atom stereocenters. The van der Waals surface area contributed by atoms with Gasteiger partial charge in [0.15, 0.2) is 5.78 Å². The third-order valence-corrected chi connectivity index (χ3v) is 2.83. The Morgan fingerprint density at radius 3 is 3.00 bits per heavy atom. The average Bonchev–Trinajstić information content (AvgIpc) is 2.30. The predicted octanol–water partition coefficient (Wildman–Crippen LogP) is 2.97. The molecule has 1 aliphatic rings. The van der Waals surface area contributed by atoms with Crippen molar-refractivity contribution in [3.8, 4) is 0 Å². The molecule has 86 valence electrons. The van der Waals surface area contributed by atoms with E-state index >= 15 is 0 Å². The van der Waals surface area contributed by atoms with Crippen LogP contribution in [-0.4, -0.2) is 18.5 Å². The maximum atomic E-state index is 12.9. The highest BCUT2D eigenvalue weighted by Gasteiger charge is 2.18. The first-order valence-electron chi connectivity index (χ1n) is 5.66. The molecule has 1 aliphatic heterocycles. The number of benzene rings is 1. The third-order valence-electron chi connectivity index (χ3n) is 2.83. The highest BCUT2D eigenvalue weighted by molar-refractivity contribution is 5.96. The highest BCUT2D eigenvalue weighted by atomic mass is 19.1. The summed E-state index contributed by atoms with van der Waals surface area (Å²) in [5, 5.41) is 0. The summed E-state index contributed by atoms with van der Waals surface area (Å²) < 4.78 is 18.4. The fourth-order valence-electron chi connectivity index (χ4n) is 1.95. The lowest BCUT2D eigenvalue weighted by molar-refractivity contribution is 0.0129. The van der Waals surface area contributed by atoms with Crippen LogP contribution in [0.2, 0.25) is 0 Å². The number of hydrogen-bond donors (Lipinski definition) is 0. The number of Topliss-reactive ketones (excluding diaryl/α,β-unsaturated/α-hetero) is 1. The van der Waals surface area contributed by atoms with Gasteiger partial charge in [-0.25, -0.2) is 4.39 Å². The Morgan fingerprint density at radius 1 is 1.44 bits per heavy atom. The van der Waals surface area contributed by atoms with E-state index in [0.717, 1.165) is 25.9 Å². The predicted molar refractivity (Wildman–Crippen MR) is 58.9 cm³/mol. The van der Waals surface area contributed by atoms with Crippen LogP contribution in [0, 0.1) is 5.82 Å². The molecule has 0 amide bonds.